The van der Waals surface area contributed by atoms with Crippen LogP contribution in [-0.2, 0) is 11.3 Å². The van der Waals surface area contributed by atoms with Gasteiger partial charge in [0, 0.05) is 5.56 Å². The predicted octanol–water partition coefficient (Wildman–Crippen LogP) is 1.32. The number of hydrogen-bond acceptors (Lipinski definition) is 7. The smallest absolute Gasteiger partial charge is 0.357 e. The van der Waals surface area contributed by atoms with Crippen molar-refractivity contribution >= 4 is 11.8 Å². The molecular weight excluding hydrogens is 302 g/mol. The first-order chi connectivity index (χ1) is 11.1. The molecule has 23 heavy (non-hydrogen) atoms. The van der Waals surface area contributed by atoms with Gasteiger partial charge in [0.25, 0.3) is 0 Å². The normalized spacial score (nSPS) is 12.1. The molecule has 0 bridgehead atoms. The predicted molar refractivity (Wildman–Crippen MR) is 77.5 cm³/mol. The molecule has 0 saturated carbocycles. The minimum atomic E-state index is -0.746. The molecule has 0 saturated heterocycles. The zero-order chi connectivity index (χ0) is 16.4. The Morgan fingerprint density at radius 3 is 2.74 bits per heavy atom. The lowest BCUT2D eigenvalue weighted by Crippen LogP contribution is -2.15. The van der Waals surface area contributed by atoms with Crippen LogP contribution in [0.2, 0.25) is 0 Å². The molecule has 2 aromatic rings. The van der Waals surface area contributed by atoms with Gasteiger partial charge in [-0.2, -0.15) is 0 Å². The molecule has 3 rings (SSSR count). The summed E-state index contributed by atoms with van der Waals surface area (Å²) in [7, 11) is 1.20. The quantitative estimate of drug-likeness (QED) is 0.671. The van der Waals surface area contributed by atoms with Gasteiger partial charge >= 0.3 is 5.97 Å². The molecule has 2 heterocycles. The molecule has 1 aliphatic rings. The van der Waals surface area contributed by atoms with Crippen LogP contribution >= 0.6 is 0 Å². The number of carbonyl (C=O) groups excluding carboxylic acids is 2. The zero-order valence-corrected chi connectivity index (χ0v) is 12.2. The molecule has 0 radical (unpaired) electrons. The summed E-state index contributed by atoms with van der Waals surface area (Å²) in [6.45, 7) is -0.240. The molecule has 0 fully saturated rings. The number of aliphatic hydroxyl groups excluding tert-OH is 1. The fourth-order valence-electron chi connectivity index (χ4n) is 2.22. The third kappa shape index (κ3) is 2.74. The third-order valence-corrected chi connectivity index (χ3v) is 3.37. The SMILES string of the molecule is COC(=O)c1nc(CO)ccc1C(=O)c1ccc2c(c1)OCO2. The van der Waals surface area contributed by atoms with E-state index in [1.807, 2.05) is 0 Å². The maximum absolute atomic E-state index is 12.7. The van der Waals surface area contributed by atoms with Gasteiger partial charge in [0.15, 0.2) is 23.0 Å². The third-order valence-electron chi connectivity index (χ3n) is 3.37. The molecule has 0 atom stereocenters. The largest absolute Gasteiger partial charge is 0.464 e. The van der Waals surface area contributed by atoms with Crippen LogP contribution < -0.4 is 9.47 Å². The van der Waals surface area contributed by atoms with Gasteiger partial charge in [-0.05, 0) is 30.3 Å². The van der Waals surface area contributed by atoms with Gasteiger partial charge in [-0.25, -0.2) is 9.78 Å². The molecule has 7 heteroatoms. The Morgan fingerprint density at radius 1 is 1.22 bits per heavy atom. The number of benzene rings is 1. The van der Waals surface area contributed by atoms with E-state index in [4.69, 9.17) is 14.6 Å². The van der Waals surface area contributed by atoms with Gasteiger partial charge in [-0.1, -0.05) is 0 Å². The molecule has 0 aliphatic carbocycles. The van der Waals surface area contributed by atoms with E-state index in [0.29, 0.717) is 17.1 Å². The highest BCUT2D eigenvalue weighted by molar-refractivity contribution is 6.14. The molecule has 118 valence electrons. The van der Waals surface area contributed by atoms with Gasteiger partial charge < -0.3 is 19.3 Å². The van der Waals surface area contributed by atoms with Gasteiger partial charge in [0.1, 0.15) is 0 Å². The summed E-state index contributed by atoms with van der Waals surface area (Å²) in [5, 5.41) is 9.14. The van der Waals surface area contributed by atoms with E-state index < -0.39 is 11.8 Å². The number of aromatic nitrogens is 1. The Morgan fingerprint density at radius 2 is 2.00 bits per heavy atom. The first kappa shape index (κ1) is 15.0. The van der Waals surface area contributed by atoms with E-state index in [-0.39, 0.29) is 30.4 Å². The van der Waals surface area contributed by atoms with Crippen molar-refractivity contribution in [3.8, 4) is 11.5 Å². The highest BCUT2D eigenvalue weighted by Crippen LogP contribution is 2.33. The van der Waals surface area contributed by atoms with Crippen LogP contribution in [0.4, 0.5) is 0 Å². The molecule has 0 spiro atoms. The monoisotopic (exact) mass is 315 g/mol. The molecule has 1 N–H and O–H groups in total. The van der Waals surface area contributed by atoms with Crippen molar-refractivity contribution < 1.29 is 28.9 Å². The average molecular weight is 315 g/mol. The highest BCUT2D eigenvalue weighted by Gasteiger charge is 2.23. The van der Waals surface area contributed by atoms with E-state index in [1.165, 1.54) is 19.2 Å². The van der Waals surface area contributed by atoms with Crippen molar-refractivity contribution in [1.82, 2.24) is 4.98 Å². The maximum Gasteiger partial charge on any atom is 0.357 e. The minimum absolute atomic E-state index is 0.0907. The van der Waals surface area contributed by atoms with Crippen molar-refractivity contribution in [2.75, 3.05) is 13.9 Å². The van der Waals surface area contributed by atoms with E-state index in [2.05, 4.69) is 9.72 Å². The molecule has 0 amide bonds. The fraction of sp³-hybridized carbons (Fsp3) is 0.188. The van der Waals surface area contributed by atoms with Gasteiger partial charge in [-0.3, -0.25) is 4.79 Å². The molecule has 1 aliphatic heterocycles. The molecule has 1 aromatic heterocycles. The second-order valence-corrected chi connectivity index (χ2v) is 4.75. The summed E-state index contributed by atoms with van der Waals surface area (Å²) < 4.78 is 15.1. The second-order valence-electron chi connectivity index (χ2n) is 4.75. The number of rotatable bonds is 4. The van der Waals surface area contributed by atoms with Gasteiger partial charge in [0.2, 0.25) is 6.79 Å². The van der Waals surface area contributed by atoms with E-state index >= 15 is 0 Å². The van der Waals surface area contributed by atoms with Crippen LogP contribution in [0.3, 0.4) is 0 Å². The summed E-state index contributed by atoms with van der Waals surface area (Å²) in [4.78, 5) is 28.5. The summed E-state index contributed by atoms with van der Waals surface area (Å²) in [6, 6.07) is 7.68. The van der Waals surface area contributed by atoms with Crippen molar-refractivity contribution in [3.05, 3.63) is 52.8 Å². The number of methoxy groups -OCH3 is 1. The molecular formula is C16H13NO6. The zero-order valence-electron chi connectivity index (χ0n) is 12.2. The summed E-state index contributed by atoms with van der Waals surface area (Å²) in [5.74, 6) is -0.121. The average Bonchev–Trinajstić information content (AvgIpc) is 3.07. The van der Waals surface area contributed by atoms with E-state index in [0.717, 1.165) is 0 Å². The van der Waals surface area contributed by atoms with Crippen molar-refractivity contribution in [2.24, 2.45) is 0 Å². The Balaban J connectivity index is 2.03. The van der Waals surface area contributed by atoms with Gasteiger partial charge in [0.05, 0.1) is 25.0 Å². The van der Waals surface area contributed by atoms with Crippen LogP contribution in [0.1, 0.15) is 32.1 Å². The number of nitrogens with zero attached hydrogens (tertiary/aromatic N) is 1. The van der Waals surface area contributed by atoms with Crippen molar-refractivity contribution in [3.63, 3.8) is 0 Å². The molecule has 1 aromatic carbocycles. The number of aliphatic hydroxyl groups is 1. The number of hydrogen-bond donors (Lipinski definition) is 1. The number of ether oxygens (including phenoxy) is 3. The van der Waals surface area contributed by atoms with Crippen LogP contribution in [0.5, 0.6) is 11.5 Å². The number of esters is 1. The van der Waals surface area contributed by atoms with Crippen LogP contribution in [0, 0.1) is 0 Å². The summed E-state index contributed by atoms with van der Waals surface area (Å²) in [5.41, 5.74) is 0.556. The first-order valence-electron chi connectivity index (χ1n) is 6.77. The lowest BCUT2D eigenvalue weighted by Gasteiger charge is -2.08. The first-order valence-corrected chi connectivity index (χ1v) is 6.77. The topological polar surface area (TPSA) is 95.0 Å². The van der Waals surface area contributed by atoms with E-state index in [1.54, 1.807) is 18.2 Å². The van der Waals surface area contributed by atoms with Crippen LogP contribution in [0.15, 0.2) is 30.3 Å². The van der Waals surface area contributed by atoms with Crippen molar-refractivity contribution in [2.45, 2.75) is 6.61 Å². The Hall–Kier alpha value is -2.93. The van der Waals surface area contributed by atoms with Crippen LogP contribution in [-0.4, -0.2) is 35.7 Å². The molecule has 7 nitrogen and oxygen atoms in total. The number of pyridine rings is 1. The lowest BCUT2D eigenvalue weighted by molar-refractivity contribution is 0.0590. The Labute approximate surface area is 131 Å². The molecule has 0 unspecified atom stereocenters. The maximum atomic E-state index is 12.7. The fourth-order valence-corrected chi connectivity index (χ4v) is 2.22. The number of carbonyl (C=O) groups is 2. The van der Waals surface area contributed by atoms with E-state index in [9.17, 15) is 9.59 Å². The van der Waals surface area contributed by atoms with Crippen molar-refractivity contribution in [1.29, 1.82) is 0 Å². The van der Waals surface area contributed by atoms with Gasteiger partial charge in [-0.15, -0.1) is 0 Å². The summed E-state index contributed by atoms with van der Waals surface area (Å²) >= 11 is 0. The number of ketones is 1. The lowest BCUT2D eigenvalue weighted by atomic mass is 10.0. The standard InChI is InChI=1S/C16H13NO6/c1-21-16(20)14-11(4-3-10(7-18)17-14)15(19)9-2-5-12-13(6-9)23-8-22-12/h2-6,18H,7-8H2,1H3. The Bertz CT molecular complexity index is 786. The Kier molecular flexibility index (Phi) is 3.94. The number of fused-ring (bicyclic) bond motifs is 1. The van der Waals surface area contributed by atoms with Crippen LogP contribution in [0.25, 0.3) is 0 Å². The highest BCUT2D eigenvalue weighted by atomic mass is 16.7. The minimum Gasteiger partial charge on any atom is -0.464 e. The second kappa shape index (κ2) is 6.05. The summed E-state index contributed by atoms with van der Waals surface area (Å²) in [6.07, 6.45) is 0.